The highest BCUT2D eigenvalue weighted by atomic mass is 16.6. The van der Waals surface area contributed by atoms with E-state index in [1.165, 1.54) is 12.8 Å². The average Bonchev–Trinajstić information content (AvgIpc) is 3.51. The van der Waals surface area contributed by atoms with Crippen molar-refractivity contribution < 1.29 is 23.8 Å². The molecule has 1 heterocycles. The van der Waals surface area contributed by atoms with E-state index in [1.807, 2.05) is 30.3 Å². The van der Waals surface area contributed by atoms with Crippen LogP contribution in [0.25, 0.3) is 0 Å². The molecular weight excluding hydrogens is 348 g/mol. The first-order valence-electron chi connectivity index (χ1n) is 9.66. The van der Waals surface area contributed by atoms with Gasteiger partial charge < -0.3 is 24.4 Å². The largest absolute Gasteiger partial charge is 0.450 e. The third-order valence-electron chi connectivity index (χ3n) is 4.84. The van der Waals surface area contributed by atoms with Crippen LogP contribution in [0.1, 0.15) is 31.7 Å². The van der Waals surface area contributed by atoms with Crippen LogP contribution in [0.4, 0.5) is 9.59 Å². The van der Waals surface area contributed by atoms with Crippen LogP contribution < -0.4 is 5.32 Å². The van der Waals surface area contributed by atoms with Gasteiger partial charge in [-0.25, -0.2) is 9.59 Å². The molecule has 7 nitrogen and oxygen atoms in total. The SMILES string of the molecule is CCOC(=O)N1CCC(NC(=O)OCc2ccccc2)C(OCC2CC2)C1. The Morgan fingerprint density at radius 1 is 1.15 bits per heavy atom. The molecule has 2 amide bonds. The molecule has 1 aliphatic carbocycles. The zero-order valence-corrected chi connectivity index (χ0v) is 15.8. The molecule has 0 aromatic heterocycles. The van der Waals surface area contributed by atoms with Crippen LogP contribution in [0.5, 0.6) is 0 Å². The Hall–Kier alpha value is -2.28. The minimum Gasteiger partial charge on any atom is -0.450 e. The number of ether oxygens (including phenoxy) is 3. The zero-order valence-electron chi connectivity index (χ0n) is 15.8. The van der Waals surface area contributed by atoms with Gasteiger partial charge in [-0.15, -0.1) is 0 Å². The minimum absolute atomic E-state index is 0.183. The minimum atomic E-state index is -0.464. The summed E-state index contributed by atoms with van der Waals surface area (Å²) in [6, 6.07) is 9.37. The molecule has 1 aliphatic heterocycles. The van der Waals surface area contributed by atoms with Gasteiger partial charge in [0.25, 0.3) is 0 Å². The second-order valence-corrected chi connectivity index (χ2v) is 7.06. The molecule has 1 saturated carbocycles. The van der Waals surface area contributed by atoms with Crippen molar-refractivity contribution >= 4 is 12.2 Å². The molecule has 2 unspecified atom stereocenters. The summed E-state index contributed by atoms with van der Waals surface area (Å²) in [4.78, 5) is 25.9. The molecule has 1 aromatic rings. The normalized spacial score (nSPS) is 22.2. The van der Waals surface area contributed by atoms with Crippen LogP contribution in [0.15, 0.2) is 30.3 Å². The monoisotopic (exact) mass is 376 g/mol. The van der Waals surface area contributed by atoms with E-state index in [1.54, 1.807) is 11.8 Å². The lowest BCUT2D eigenvalue weighted by Gasteiger charge is -2.37. The zero-order chi connectivity index (χ0) is 19.1. The topological polar surface area (TPSA) is 77.1 Å². The smallest absolute Gasteiger partial charge is 0.409 e. The van der Waals surface area contributed by atoms with Crippen molar-refractivity contribution in [3.63, 3.8) is 0 Å². The van der Waals surface area contributed by atoms with Gasteiger partial charge in [0.2, 0.25) is 0 Å². The number of nitrogens with one attached hydrogen (secondary N) is 1. The summed E-state index contributed by atoms with van der Waals surface area (Å²) in [6.07, 6.45) is 1.93. The molecule has 27 heavy (non-hydrogen) atoms. The summed E-state index contributed by atoms with van der Waals surface area (Å²) in [6.45, 7) is 3.95. The maximum atomic E-state index is 12.2. The summed E-state index contributed by atoms with van der Waals surface area (Å²) in [5.41, 5.74) is 0.936. The number of rotatable bonds is 7. The molecule has 3 rings (SSSR count). The lowest BCUT2D eigenvalue weighted by Crippen LogP contribution is -2.56. The Morgan fingerprint density at radius 3 is 2.63 bits per heavy atom. The van der Waals surface area contributed by atoms with Crippen molar-refractivity contribution in [1.82, 2.24) is 10.2 Å². The van der Waals surface area contributed by atoms with Gasteiger partial charge in [0.05, 0.1) is 25.3 Å². The molecule has 1 aromatic carbocycles. The van der Waals surface area contributed by atoms with E-state index in [0.717, 1.165) is 5.56 Å². The predicted molar refractivity (Wildman–Crippen MR) is 99.2 cm³/mol. The van der Waals surface area contributed by atoms with E-state index in [2.05, 4.69) is 5.32 Å². The van der Waals surface area contributed by atoms with Gasteiger partial charge in [-0.3, -0.25) is 0 Å². The third kappa shape index (κ3) is 6.13. The molecule has 148 valence electrons. The van der Waals surface area contributed by atoms with Crippen molar-refractivity contribution in [3.05, 3.63) is 35.9 Å². The van der Waals surface area contributed by atoms with Crippen LogP contribution in [0.2, 0.25) is 0 Å². The number of amides is 2. The number of hydrogen-bond acceptors (Lipinski definition) is 5. The molecule has 0 spiro atoms. The Bertz CT molecular complexity index is 620. The molecule has 2 fully saturated rings. The van der Waals surface area contributed by atoms with E-state index in [0.29, 0.717) is 38.6 Å². The number of nitrogens with zero attached hydrogens (tertiary/aromatic N) is 1. The van der Waals surface area contributed by atoms with E-state index >= 15 is 0 Å². The first-order chi connectivity index (χ1) is 13.2. The number of likely N-dealkylation sites (tertiary alicyclic amines) is 1. The number of carbonyl (C=O) groups is 2. The average molecular weight is 376 g/mol. The highest BCUT2D eigenvalue weighted by Gasteiger charge is 2.35. The van der Waals surface area contributed by atoms with Gasteiger partial charge in [-0.05, 0) is 37.7 Å². The van der Waals surface area contributed by atoms with E-state index < -0.39 is 6.09 Å². The Labute approximate surface area is 160 Å². The van der Waals surface area contributed by atoms with Crippen LogP contribution in [-0.2, 0) is 20.8 Å². The molecule has 2 aliphatic rings. The van der Waals surface area contributed by atoms with Gasteiger partial charge in [0.1, 0.15) is 6.61 Å². The maximum absolute atomic E-state index is 12.2. The Morgan fingerprint density at radius 2 is 1.93 bits per heavy atom. The summed E-state index contributed by atoms with van der Waals surface area (Å²) < 4.78 is 16.4. The molecule has 0 radical (unpaired) electrons. The van der Waals surface area contributed by atoms with Gasteiger partial charge >= 0.3 is 12.2 Å². The Balaban J connectivity index is 1.51. The van der Waals surface area contributed by atoms with E-state index in [4.69, 9.17) is 14.2 Å². The van der Waals surface area contributed by atoms with Crippen LogP contribution in [0, 0.1) is 5.92 Å². The highest BCUT2D eigenvalue weighted by Crippen LogP contribution is 2.30. The first-order valence-corrected chi connectivity index (χ1v) is 9.66. The van der Waals surface area contributed by atoms with Crippen molar-refractivity contribution in [2.75, 3.05) is 26.3 Å². The number of piperidine rings is 1. The summed E-state index contributed by atoms with van der Waals surface area (Å²) in [5.74, 6) is 0.605. The maximum Gasteiger partial charge on any atom is 0.409 e. The van der Waals surface area contributed by atoms with Crippen molar-refractivity contribution in [2.24, 2.45) is 5.92 Å². The van der Waals surface area contributed by atoms with Crippen LogP contribution in [0.3, 0.4) is 0 Å². The van der Waals surface area contributed by atoms with Crippen molar-refractivity contribution in [1.29, 1.82) is 0 Å². The van der Waals surface area contributed by atoms with E-state index in [9.17, 15) is 9.59 Å². The fourth-order valence-corrected chi connectivity index (χ4v) is 3.09. The molecule has 1 N–H and O–H groups in total. The van der Waals surface area contributed by atoms with Crippen LogP contribution in [-0.4, -0.2) is 55.5 Å². The van der Waals surface area contributed by atoms with E-state index in [-0.39, 0.29) is 24.8 Å². The fraction of sp³-hybridized carbons (Fsp3) is 0.600. The second kappa shape index (κ2) is 9.60. The molecule has 2 atom stereocenters. The third-order valence-corrected chi connectivity index (χ3v) is 4.84. The van der Waals surface area contributed by atoms with Crippen LogP contribution >= 0.6 is 0 Å². The molecular formula is C20H28N2O5. The number of benzene rings is 1. The Kier molecular flexibility index (Phi) is 6.92. The first kappa shape index (κ1) is 19.5. The second-order valence-electron chi connectivity index (χ2n) is 7.06. The van der Waals surface area contributed by atoms with Gasteiger partial charge in [-0.1, -0.05) is 30.3 Å². The molecule has 0 bridgehead atoms. The standard InChI is InChI=1S/C20H28N2O5/c1-2-25-20(24)22-11-10-17(18(12-22)26-13-16-8-9-16)21-19(23)27-14-15-6-4-3-5-7-15/h3-7,16-18H,2,8-14H2,1H3,(H,21,23). The quantitative estimate of drug-likeness (QED) is 0.792. The molecule has 7 heteroatoms. The summed E-state index contributed by atoms with van der Waals surface area (Å²) in [5, 5.41) is 2.91. The van der Waals surface area contributed by atoms with Gasteiger partial charge in [0.15, 0.2) is 0 Å². The lowest BCUT2D eigenvalue weighted by atomic mass is 10.0. The number of hydrogen-bond donors (Lipinski definition) is 1. The predicted octanol–water partition coefficient (Wildman–Crippen LogP) is 2.94. The lowest BCUT2D eigenvalue weighted by molar-refractivity contribution is -0.0251. The van der Waals surface area contributed by atoms with Crippen molar-refractivity contribution in [2.45, 2.75) is 44.9 Å². The van der Waals surface area contributed by atoms with Crippen molar-refractivity contribution in [3.8, 4) is 0 Å². The summed E-state index contributed by atoms with van der Waals surface area (Å²) >= 11 is 0. The highest BCUT2D eigenvalue weighted by molar-refractivity contribution is 5.69. The molecule has 1 saturated heterocycles. The summed E-state index contributed by atoms with van der Waals surface area (Å²) in [7, 11) is 0. The number of alkyl carbamates (subject to hydrolysis) is 1. The number of carbonyl (C=O) groups excluding carboxylic acids is 2. The fourth-order valence-electron chi connectivity index (χ4n) is 3.09. The van der Waals surface area contributed by atoms with Gasteiger partial charge in [0, 0.05) is 13.2 Å². The van der Waals surface area contributed by atoms with Gasteiger partial charge in [-0.2, -0.15) is 0 Å².